The summed E-state index contributed by atoms with van der Waals surface area (Å²) in [5, 5.41) is 2.76. The normalized spacial score (nSPS) is 19.9. The van der Waals surface area contributed by atoms with Crippen LogP contribution in [0.2, 0.25) is 0 Å². The van der Waals surface area contributed by atoms with Crippen LogP contribution in [0.4, 0.5) is 11.4 Å². The summed E-state index contributed by atoms with van der Waals surface area (Å²) in [4.78, 5) is 27.8. The third-order valence-electron chi connectivity index (χ3n) is 5.17. The number of para-hydroxylation sites is 1. The molecule has 2 aliphatic rings. The summed E-state index contributed by atoms with van der Waals surface area (Å²) >= 11 is 3.13. The van der Waals surface area contributed by atoms with E-state index in [2.05, 4.69) is 41.1 Å². The first-order chi connectivity index (χ1) is 15.2. The molecule has 0 bridgehead atoms. The summed E-state index contributed by atoms with van der Waals surface area (Å²) in [6.07, 6.45) is 5.72. The zero-order chi connectivity index (χ0) is 21.4. The van der Waals surface area contributed by atoms with Gasteiger partial charge in [-0.2, -0.15) is 0 Å². The summed E-state index contributed by atoms with van der Waals surface area (Å²) in [6.45, 7) is 3.01. The SMILES string of the molecule is CCN1/C(=C/C=C2\SC(=Nc3cccc4ncccc34)N(C)C2=O)Sc2ccccc21. The number of carbonyl (C=O) groups is 1. The lowest BCUT2D eigenvalue weighted by molar-refractivity contribution is -0.121. The Morgan fingerprint density at radius 1 is 1.03 bits per heavy atom. The molecule has 2 aromatic carbocycles. The smallest absolute Gasteiger partial charge is 0.266 e. The summed E-state index contributed by atoms with van der Waals surface area (Å²) < 4.78 is 0. The number of allylic oxidation sites excluding steroid dienone is 2. The van der Waals surface area contributed by atoms with E-state index in [9.17, 15) is 4.79 Å². The lowest BCUT2D eigenvalue weighted by atomic mass is 10.2. The third-order valence-corrected chi connectivity index (χ3v) is 7.38. The van der Waals surface area contributed by atoms with Gasteiger partial charge in [0.25, 0.3) is 5.91 Å². The Morgan fingerprint density at radius 2 is 1.90 bits per heavy atom. The fourth-order valence-electron chi connectivity index (χ4n) is 3.60. The van der Waals surface area contributed by atoms with E-state index in [1.165, 1.54) is 22.3 Å². The predicted molar refractivity (Wildman–Crippen MR) is 131 cm³/mol. The molecule has 5 rings (SSSR count). The highest BCUT2D eigenvalue weighted by molar-refractivity contribution is 8.18. The van der Waals surface area contributed by atoms with Gasteiger partial charge in [0.1, 0.15) is 0 Å². The number of aliphatic imine (C=N–C) groups is 1. The molecule has 3 aromatic rings. The van der Waals surface area contributed by atoms with E-state index < -0.39 is 0 Å². The van der Waals surface area contributed by atoms with Gasteiger partial charge >= 0.3 is 0 Å². The molecule has 0 unspecified atom stereocenters. The number of rotatable bonds is 3. The Bertz CT molecular complexity index is 1280. The molecule has 2 aliphatic heterocycles. The van der Waals surface area contributed by atoms with Gasteiger partial charge in [-0.05, 0) is 67.2 Å². The van der Waals surface area contributed by atoms with E-state index in [0.29, 0.717) is 10.1 Å². The van der Waals surface area contributed by atoms with Crippen molar-refractivity contribution in [2.75, 3.05) is 18.5 Å². The summed E-state index contributed by atoms with van der Waals surface area (Å²) in [5.74, 6) is -0.0393. The van der Waals surface area contributed by atoms with Gasteiger partial charge in [0.2, 0.25) is 0 Å². The maximum Gasteiger partial charge on any atom is 0.266 e. The van der Waals surface area contributed by atoms with Crippen molar-refractivity contribution < 1.29 is 4.79 Å². The first-order valence-corrected chi connectivity index (χ1v) is 11.6. The van der Waals surface area contributed by atoms with Gasteiger partial charge in [0, 0.05) is 30.1 Å². The Kier molecular flexibility index (Phi) is 5.29. The van der Waals surface area contributed by atoms with E-state index >= 15 is 0 Å². The van der Waals surface area contributed by atoms with Crippen molar-refractivity contribution in [3.05, 3.63) is 82.9 Å². The van der Waals surface area contributed by atoms with Crippen LogP contribution in [0, 0.1) is 0 Å². The highest BCUT2D eigenvalue weighted by Gasteiger charge is 2.30. The van der Waals surface area contributed by atoms with Crippen LogP contribution in [-0.2, 0) is 4.79 Å². The molecule has 5 nitrogen and oxygen atoms in total. The van der Waals surface area contributed by atoms with Crippen LogP contribution in [0.25, 0.3) is 10.9 Å². The minimum absolute atomic E-state index is 0.0393. The topological polar surface area (TPSA) is 48.8 Å². The number of carbonyl (C=O) groups excluding carboxylic acids is 1. The van der Waals surface area contributed by atoms with Crippen LogP contribution in [0.3, 0.4) is 0 Å². The molecule has 0 aliphatic carbocycles. The van der Waals surface area contributed by atoms with Crippen LogP contribution in [-0.4, -0.2) is 34.6 Å². The molecule has 0 saturated carbocycles. The van der Waals surface area contributed by atoms with E-state index in [0.717, 1.165) is 28.2 Å². The van der Waals surface area contributed by atoms with Gasteiger partial charge in [0.15, 0.2) is 5.17 Å². The van der Waals surface area contributed by atoms with Crippen molar-refractivity contribution in [2.45, 2.75) is 11.8 Å². The molecule has 1 fully saturated rings. The number of benzene rings is 2. The minimum atomic E-state index is -0.0393. The van der Waals surface area contributed by atoms with E-state index in [4.69, 9.17) is 4.99 Å². The van der Waals surface area contributed by atoms with Crippen LogP contribution < -0.4 is 4.90 Å². The van der Waals surface area contributed by atoms with Gasteiger partial charge in [0.05, 0.1) is 26.8 Å². The number of hydrogen-bond acceptors (Lipinski definition) is 6. The monoisotopic (exact) mass is 444 g/mol. The van der Waals surface area contributed by atoms with E-state index in [-0.39, 0.29) is 5.91 Å². The molecule has 3 heterocycles. The largest absolute Gasteiger partial charge is 0.335 e. The van der Waals surface area contributed by atoms with Crippen molar-refractivity contribution in [1.29, 1.82) is 0 Å². The predicted octanol–water partition coefficient (Wildman–Crippen LogP) is 5.79. The minimum Gasteiger partial charge on any atom is -0.335 e. The van der Waals surface area contributed by atoms with E-state index in [1.807, 2.05) is 42.5 Å². The molecule has 31 heavy (non-hydrogen) atoms. The van der Waals surface area contributed by atoms with Gasteiger partial charge in [-0.15, -0.1) is 0 Å². The number of amides is 1. The molecular weight excluding hydrogens is 424 g/mol. The molecule has 0 N–H and O–H groups in total. The molecule has 0 spiro atoms. The van der Waals surface area contributed by atoms with Crippen molar-refractivity contribution >= 4 is 56.9 Å². The number of fused-ring (bicyclic) bond motifs is 2. The van der Waals surface area contributed by atoms with Crippen LogP contribution in [0.15, 0.2) is 92.8 Å². The number of aromatic nitrogens is 1. The molecule has 7 heteroatoms. The second kappa shape index (κ2) is 8.24. The highest BCUT2D eigenvalue weighted by atomic mass is 32.2. The molecule has 0 radical (unpaired) electrons. The summed E-state index contributed by atoms with van der Waals surface area (Å²) in [5.41, 5.74) is 2.92. The van der Waals surface area contributed by atoms with Gasteiger partial charge in [-0.25, -0.2) is 4.99 Å². The Morgan fingerprint density at radius 3 is 2.77 bits per heavy atom. The second-order valence-corrected chi connectivity index (χ2v) is 9.13. The number of hydrogen-bond donors (Lipinski definition) is 0. The average molecular weight is 445 g/mol. The van der Waals surface area contributed by atoms with Crippen molar-refractivity contribution in [1.82, 2.24) is 9.88 Å². The fourth-order valence-corrected chi connectivity index (χ4v) is 5.65. The van der Waals surface area contributed by atoms with Crippen LogP contribution >= 0.6 is 23.5 Å². The zero-order valence-corrected chi connectivity index (χ0v) is 18.8. The van der Waals surface area contributed by atoms with Crippen molar-refractivity contribution in [2.24, 2.45) is 4.99 Å². The molecule has 1 aromatic heterocycles. The Balaban J connectivity index is 1.45. The van der Waals surface area contributed by atoms with Crippen molar-refractivity contribution in [3.63, 3.8) is 0 Å². The number of anilines is 1. The number of pyridine rings is 1. The maximum atomic E-state index is 12.8. The molecule has 1 amide bonds. The standard InChI is InChI=1S/C24H20N4OS2/c1-3-28-19-11-4-5-12-20(19)30-22(28)14-13-21-23(29)27(2)24(31-21)26-18-10-6-9-17-16(18)8-7-15-25-17/h4-15H,3H2,1-2H3/b21-13-,22-14-,26-24?. The van der Waals surface area contributed by atoms with Crippen LogP contribution in [0.1, 0.15) is 6.92 Å². The first-order valence-electron chi connectivity index (χ1n) is 10.0. The Labute approximate surface area is 189 Å². The lowest BCUT2D eigenvalue weighted by Crippen LogP contribution is -2.23. The average Bonchev–Trinajstić information content (AvgIpc) is 3.29. The fraction of sp³-hybridized carbons (Fsp3) is 0.125. The van der Waals surface area contributed by atoms with Gasteiger partial charge in [-0.3, -0.25) is 14.7 Å². The van der Waals surface area contributed by atoms with Gasteiger partial charge in [-0.1, -0.05) is 30.0 Å². The van der Waals surface area contributed by atoms with Gasteiger partial charge < -0.3 is 4.90 Å². The quantitative estimate of drug-likeness (QED) is 0.479. The van der Waals surface area contributed by atoms with Crippen molar-refractivity contribution in [3.8, 4) is 0 Å². The summed E-state index contributed by atoms with van der Waals surface area (Å²) in [6, 6.07) is 18.1. The maximum absolute atomic E-state index is 12.8. The van der Waals surface area contributed by atoms with E-state index in [1.54, 1.807) is 29.9 Å². The lowest BCUT2D eigenvalue weighted by Gasteiger charge is -2.17. The highest BCUT2D eigenvalue weighted by Crippen LogP contribution is 2.45. The molecular formula is C24H20N4OS2. The molecule has 154 valence electrons. The molecule has 0 atom stereocenters. The number of amidine groups is 1. The third kappa shape index (κ3) is 3.64. The summed E-state index contributed by atoms with van der Waals surface area (Å²) in [7, 11) is 1.77. The number of likely N-dealkylation sites (N-methyl/N-ethyl adjacent to an activating group) is 1. The Hall–Kier alpha value is -3.03. The number of nitrogens with zero attached hydrogens (tertiary/aromatic N) is 4. The molecule has 1 saturated heterocycles. The first kappa shape index (κ1) is 19.9. The van der Waals surface area contributed by atoms with Crippen LogP contribution in [0.5, 0.6) is 0 Å². The second-order valence-electron chi connectivity index (χ2n) is 7.06. The number of thioether (sulfide) groups is 2. The zero-order valence-electron chi connectivity index (χ0n) is 17.1.